The van der Waals surface area contributed by atoms with Crippen molar-refractivity contribution in [2.45, 2.75) is 31.7 Å². The SMILES string of the molecule is NC(C=O)C[C@@H](CCCC(=O)NCC(=O)Nc1ccccc1)C(=O)O. The number of nitrogens with two attached hydrogens (primary N) is 1. The van der Waals surface area contributed by atoms with Crippen LogP contribution >= 0.6 is 0 Å². The Bertz CT molecular complexity index is 591. The fraction of sp³-hybridized carbons (Fsp3) is 0.412. The average molecular weight is 349 g/mol. The van der Waals surface area contributed by atoms with Gasteiger partial charge in [0.15, 0.2) is 0 Å². The molecule has 0 aliphatic rings. The van der Waals surface area contributed by atoms with Crippen LogP contribution in [0.4, 0.5) is 5.69 Å². The van der Waals surface area contributed by atoms with Gasteiger partial charge in [0.1, 0.15) is 6.29 Å². The monoisotopic (exact) mass is 349 g/mol. The Kier molecular flexibility index (Phi) is 8.87. The molecule has 0 aliphatic heterocycles. The Morgan fingerprint density at radius 2 is 1.84 bits per heavy atom. The van der Waals surface area contributed by atoms with Gasteiger partial charge in [-0.1, -0.05) is 18.2 Å². The lowest BCUT2D eigenvalue weighted by Crippen LogP contribution is -2.33. The number of benzene rings is 1. The van der Waals surface area contributed by atoms with Crippen molar-refractivity contribution >= 4 is 29.8 Å². The molecule has 2 amide bonds. The molecule has 2 atom stereocenters. The van der Waals surface area contributed by atoms with Crippen LogP contribution in [0.2, 0.25) is 0 Å². The van der Waals surface area contributed by atoms with E-state index in [1.807, 2.05) is 6.07 Å². The first kappa shape index (κ1) is 20.3. The standard InChI is InChI=1S/C17H23N3O5/c18-13(11-21)9-12(17(24)25)5-4-8-15(22)19-10-16(23)20-14-6-2-1-3-7-14/h1-3,6-7,11-13H,4-5,8-10,18H2,(H,19,22)(H,20,23)(H,24,25)/t12-,13?/m1/s1. The molecule has 0 aliphatic carbocycles. The second kappa shape index (κ2) is 10.9. The number of hydrogen-bond donors (Lipinski definition) is 4. The summed E-state index contributed by atoms with van der Waals surface area (Å²) in [6.07, 6.45) is 1.21. The van der Waals surface area contributed by atoms with Gasteiger partial charge in [-0.2, -0.15) is 0 Å². The smallest absolute Gasteiger partial charge is 0.306 e. The van der Waals surface area contributed by atoms with Crippen LogP contribution in [0.5, 0.6) is 0 Å². The summed E-state index contributed by atoms with van der Waals surface area (Å²) < 4.78 is 0. The Hall–Kier alpha value is -2.74. The van der Waals surface area contributed by atoms with Crippen molar-refractivity contribution in [3.05, 3.63) is 30.3 Å². The van der Waals surface area contributed by atoms with Gasteiger partial charge in [-0.05, 0) is 31.4 Å². The number of nitrogens with one attached hydrogen (secondary N) is 2. The van der Waals surface area contributed by atoms with E-state index in [4.69, 9.17) is 10.8 Å². The predicted octanol–water partition coefficient (Wildman–Crippen LogP) is 0.529. The fourth-order valence-electron chi connectivity index (χ4n) is 2.23. The lowest BCUT2D eigenvalue weighted by Gasteiger charge is -2.13. The lowest BCUT2D eigenvalue weighted by molar-refractivity contribution is -0.142. The van der Waals surface area contributed by atoms with E-state index in [1.54, 1.807) is 24.3 Å². The highest BCUT2D eigenvalue weighted by Gasteiger charge is 2.20. The minimum atomic E-state index is -1.04. The normalized spacial score (nSPS) is 12.7. The molecule has 25 heavy (non-hydrogen) atoms. The highest BCUT2D eigenvalue weighted by molar-refractivity contribution is 5.94. The average Bonchev–Trinajstić information content (AvgIpc) is 2.59. The zero-order chi connectivity index (χ0) is 18.7. The maximum Gasteiger partial charge on any atom is 0.306 e. The van der Waals surface area contributed by atoms with E-state index in [-0.39, 0.29) is 37.6 Å². The molecule has 8 heteroatoms. The number of para-hydroxylation sites is 1. The molecule has 0 fully saturated rings. The molecule has 0 radical (unpaired) electrons. The number of aliphatic carboxylic acids is 1. The van der Waals surface area contributed by atoms with Gasteiger partial charge < -0.3 is 26.3 Å². The number of aldehydes is 1. The van der Waals surface area contributed by atoms with E-state index in [1.165, 1.54) is 0 Å². The van der Waals surface area contributed by atoms with Crippen LogP contribution in [-0.4, -0.2) is 41.8 Å². The zero-order valence-corrected chi connectivity index (χ0v) is 13.8. The second-order valence-corrected chi connectivity index (χ2v) is 5.65. The van der Waals surface area contributed by atoms with Crippen LogP contribution in [-0.2, 0) is 19.2 Å². The highest BCUT2D eigenvalue weighted by Crippen LogP contribution is 2.14. The molecule has 0 bridgehead atoms. The molecule has 8 nitrogen and oxygen atoms in total. The van der Waals surface area contributed by atoms with E-state index in [0.717, 1.165) is 0 Å². The Balaban J connectivity index is 2.26. The van der Waals surface area contributed by atoms with Crippen LogP contribution in [0.3, 0.4) is 0 Å². The predicted molar refractivity (Wildman–Crippen MR) is 91.7 cm³/mol. The number of anilines is 1. The molecule has 136 valence electrons. The Labute approximate surface area is 145 Å². The summed E-state index contributed by atoms with van der Waals surface area (Å²) in [5.41, 5.74) is 6.07. The molecular weight excluding hydrogens is 326 g/mol. The van der Waals surface area contributed by atoms with Gasteiger partial charge in [0.05, 0.1) is 18.5 Å². The van der Waals surface area contributed by atoms with Crippen LogP contribution in [0, 0.1) is 5.92 Å². The van der Waals surface area contributed by atoms with E-state index >= 15 is 0 Å². The van der Waals surface area contributed by atoms with Gasteiger partial charge in [-0.25, -0.2) is 0 Å². The molecule has 0 saturated heterocycles. The highest BCUT2D eigenvalue weighted by atomic mass is 16.4. The van der Waals surface area contributed by atoms with Crippen LogP contribution in [0.15, 0.2) is 30.3 Å². The van der Waals surface area contributed by atoms with Gasteiger partial charge in [-0.15, -0.1) is 0 Å². The minimum Gasteiger partial charge on any atom is -0.481 e. The van der Waals surface area contributed by atoms with E-state index in [0.29, 0.717) is 18.4 Å². The summed E-state index contributed by atoms with van der Waals surface area (Å²) in [6, 6.07) is 8.03. The summed E-state index contributed by atoms with van der Waals surface area (Å²) in [7, 11) is 0. The molecule has 5 N–H and O–H groups in total. The summed E-state index contributed by atoms with van der Waals surface area (Å²) in [5, 5.41) is 14.2. The molecule has 0 saturated carbocycles. The molecule has 1 aromatic carbocycles. The van der Waals surface area contributed by atoms with E-state index in [9.17, 15) is 19.2 Å². The quantitative estimate of drug-likeness (QED) is 0.430. The van der Waals surface area contributed by atoms with Crippen molar-refractivity contribution in [1.29, 1.82) is 0 Å². The van der Waals surface area contributed by atoms with E-state index in [2.05, 4.69) is 10.6 Å². The first-order valence-electron chi connectivity index (χ1n) is 7.97. The fourth-order valence-corrected chi connectivity index (χ4v) is 2.23. The number of amides is 2. The summed E-state index contributed by atoms with van der Waals surface area (Å²) in [5.74, 6) is -2.50. The maximum absolute atomic E-state index is 11.7. The van der Waals surface area contributed by atoms with Crippen LogP contribution in [0.1, 0.15) is 25.7 Å². The van der Waals surface area contributed by atoms with Gasteiger partial charge in [0.2, 0.25) is 11.8 Å². The molecular formula is C17H23N3O5. The molecule has 1 aromatic rings. The van der Waals surface area contributed by atoms with Crippen molar-refractivity contribution in [2.24, 2.45) is 11.7 Å². The minimum absolute atomic E-state index is 0.0416. The molecule has 0 spiro atoms. The molecule has 1 rings (SSSR count). The zero-order valence-electron chi connectivity index (χ0n) is 13.8. The number of hydrogen-bond acceptors (Lipinski definition) is 5. The van der Waals surface area contributed by atoms with Crippen molar-refractivity contribution in [3.63, 3.8) is 0 Å². The van der Waals surface area contributed by atoms with E-state index < -0.39 is 17.9 Å². The first-order chi connectivity index (χ1) is 11.9. The van der Waals surface area contributed by atoms with Crippen LogP contribution < -0.4 is 16.4 Å². The third-order valence-electron chi connectivity index (χ3n) is 3.54. The Morgan fingerprint density at radius 1 is 1.16 bits per heavy atom. The second-order valence-electron chi connectivity index (χ2n) is 5.65. The topological polar surface area (TPSA) is 139 Å². The number of carbonyl (C=O) groups is 4. The third kappa shape index (κ3) is 8.61. The first-order valence-corrected chi connectivity index (χ1v) is 7.97. The number of carbonyl (C=O) groups excluding carboxylic acids is 3. The van der Waals surface area contributed by atoms with Gasteiger partial charge >= 0.3 is 5.97 Å². The van der Waals surface area contributed by atoms with Gasteiger partial charge in [-0.3, -0.25) is 14.4 Å². The molecule has 0 aromatic heterocycles. The molecule has 0 heterocycles. The summed E-state index contributed by atoms with van der Waals surface area (Å²) in [4.78, 5) is 45.0. The largest absolute Gasteiger partial charge is 0.481 e. The molecule has 1 unspecified atom stereocenters. The van der Waals surface area contributed by atoms with Gasteiger partial charge in [0, 0.05) is 12.1 Å². The van der Waals surface area contributed by atoms with Crippen molar-refractivity contribution < 1.29 is 24.3 Å². The van der Waals surface area contributed by atoms with Crippen molar-refractivity contribution in [1.82, 2.24) is 5.32 Å². The lowest BCUT2D eigenvalue weighted by atomic mass is 9.95. The number of carboxylic acid groups (broad SMARTS) is 1. The number of carboxylic acids is 1. The maximum atomic E-state index is 11.7. The Morgan fingerprint density at radius 3 is 2.44 bits per heavy atom. The summed E-state index contributed by atoms with van der Waals surface area (Å²) in [6.45, 7) is -0.161. The number of rotatable bonds is 11. The van der Waals surface area contributed by atoms with Crippen molar-refractivity contribution in [3.8, 4) is 0 Å². The van der Waals surface area contributed by atoms with Crippen LogP contribution in [0.25, 0.3) is 0 Å². The third-order valence-corrected chi connectivity index (χ3v) is 3.54. The summed E-state index contributed by atoms with van der Waals surface area (Å²) >= 11 is 0. The van der Waals surface area contributed by atoms with Gasteiger partial charge in [0.25, 0.3) is 0 Å². The van der Waals surface area contributed by atoms with Crippen molar-refractivity contribution in [2.75, 3.05) is 11.9 Å².